The Labute approximate surface area is 149 Å². The van der Waals surface area contributed by atoms with Gasteiger partial charge in [-0.3, -0.25) is 9.69 Å². The second kappa shape index (κ2) is 8.02. The zero-order valence-electron chi connectivity index (χ0n) is 15.5. The van der Waals surface area contributed by atoms with Crippen molar-refractivity contribution < 1.29 is 9.53 Å². The lowest BCUT2D eigenvalue weighted by atomic mass is 10.1. The molecule has 0 radical (unpaired) electrons. The number of nitrogens with zero attached hydrogens (tertiary/aromatic N) is 2. The van der Waals surface area contributed by atoms with Crippen LogP contribution in [0.5, 0.6) is 0 Å². The van der Waals surface area contributed by atoms with Crippen molar-refractivity contribution in [3.8, 4) is 0 Å². The van der Waals surface area contributed by atoms with Gasteiger partial charge < -0.3 is 14.6 Å². The maximum Gasteiger partial charge on any atom is 0.253 e. The maximum atomic E-state index is 12.8. The summed E-state index contributed by atoms with van der Waals surface area (Å²) in [6.07, 6.45) is 2.00. The molecule has 1 saturated heterocycles. The Kier molecular flexibility index (Phi) is 5.76. The third-order valence-electron chi connectivity index (χ3n) is 4.82. The third-order valence-corrected chi connectivity index (χ3v) is 4.82. The van der Waals surface area contributed by atoms with Gasteiger partial charge in [0.05, 0.1) is 18.8 Å². The van der Waals surface area contributed by atoms with Gasteiger partial charge in [0.2, 0.25) is 0 Å². The van der Waals surface area contributed by atoms with Gasteiger partial charge in [0, 0.05) is 49.3 Å². The number of para-hydroxylation sites is 1. The first kappa shape index (κ1) is 18.0. The summed E-state index contributed by atoms with van der Waals surface area (Å²) >= 11 is 0. The number of rotatable bonds is 6. The van der Waals surface area contributed by atoms with Crippen LogP contribution in [0.4, 0.5) is 0 Å². The predicted molar refractivity (Wildman–Crippen MR) is 101 cm³/mol. The molecule has 0 bridgehead atoms. The topological polar surface area (TPSA) is 46.5 Å². The van der Waals surface area contributed by atoms with Crippen LogP contribution in [0.3, 0.4) is 0 Å². The summed E-state index contributed by atoms with van der Waals surface area (Å²) in [7, 11) is 0. The van der Waals surface area contributed by atoms with Crippen LogP contribution in [0.2, 0.25) is 0 Å². The van der Waals surface area contributed by atoms with E-state index < -0.39 is 0 Å². The Bertz CT molecular complexity index is 717. The zero-order chi connectivity index (χ0) is 17.8. The SMILES string of the molecule is CC(C)Cn1cc(C(=O)NCC(C)N2CCOCC2)c2ccccc21. The van der Waals surface area contributed by atoms with Crippen LogP contribution in [-0.4, -0.2) is 54.3 Å². The van der Waals surface area contributed by atoms with E-state index in [0.29, 0.717) is 18.5 Å². The second-order valence-electron chi connectivity index (χ2n) is 7.31. The molecule has 0 spiro atoms. The average Bonchev–Trinajstić information content (AvgIpc) is 2.98. The van der Waals surface area contributed by atoms with Gasteiger partial charge in [-0.15, -0.1) is 0 Å². The number of fused-ring (bicyclic) bond motifs is 1. The predicted octanol–water partition coefficient (Wildman–Crippen LogP) is 2.75. The molecule has 1 N–H and O–H groups in total. The molecule has 1 atom stereocenters. The van der Waals surface area contributed by atoms with E-state index in [0.717, 1.165) is 49.3 Å². The molecule has 2 heterocycles. The molecule has 1 aromatic carbocycles. The largest absolute Gasteiger partial charge is 0.379 e. The Morgan fingerprint density at radius 3 is 2.64 bits per heavy atom. The number of morpholine rings is 1. The highest BCUT2D eigenvalue weighted by molar-refractivity contribution is 6.07. The standard InChI is InChI=1S/C20H29N3O2/c1-15(2)13-23-14-18(17-6-4-5-7-19(17)23)20(24)21-12-16(3)22-8-10-25-11-9-22/h4-7,14-16H,8-13H2,1-3H3,(H,21,24). The molecule has 0 saturated carbocycles. The maximum absolute atomic E-state index is 12.8. The summed E-state index contributed by atoms with van der Waals surface area (Å²) in [6, 6.07) is 8.46. The number of ether oxygens (including phenoxy) is 1. The minimum atomic E-state index is 0.0128. The van der Waals surface area contributed by atoms with Gasteiger partial charge in [0.25, 0.3) is 5.91 Å². The average molecular weight is 343 g/mol. The van der Waals surface area contributed by atoms with Crippen LogP contribution in [0.15, 0.2) is 30.5 Å². The van der Waals surface area contributed by atoms with Gasteiger partial charge in [0.1, 0.15) is 0 Å². The van der Waals surface area contributed by atoms with Crippen molar-refractivity contribution >= 4 is 16.8 Å². The summed E-state index contributed by atoms with van der Waals surface area (Å²) in [5.41, 5.74) is 1.90. The van der Waals surface area contributed by atoms with Gasteiger partial charge in [-0.2, -0.15) is 0 Å². The summed E-state index contributed by atoms with van der Waals surface area (Å²) in [5, 5.41) is 4.15. The molecule has 1 aliphatic heterocycles. The van der Waals surface area contributed by atoms with Gasteiger partial charge in [0.15, 0.2) is 0 Å². The lowest BCUT2D eigenvalue weighted by molar-refractivity contribution is 0.0204. The van der Waals surface area contributed by atoms with E-state index in [9.17, 15) is 4.79 Å². The molecule has 1 aromatic heterocycles. The molecule has 25 heavy (non-hydrogen) atoms. The van der Waals surface area contributed by atoms with Crippen LogP contribution in [0, 0.1) is 5.92 Å². The molecule has 5 nitrogen and oxygen atoms in total. The van der Waals surface area contributed by atoms with Crippen LogP contribution in [0.1, 0.15) is 31.1 Å². The van der Waals surface area contributed by atoms with E-state index in [2.05, 4.69) is 41.6 Å². The highest BCUT2D eigenvalue weighted by Gasteiger charge is 2.19. The van der Waals surface area contributed by atoms with E-state index in [1.165, 1.54) is 0 Å². The molecule has 1 unspecified atom stereocenters. The third kappa shape index (κ3) is 4.22. The molecule has 3 rings (SSSR count). The number of benzene rings is 1. The zero-order valence-corrected chi connectivity index (χ0v) is 15.5. The number of hydrogen-bond acceptors (Lipinski definition) is 3. The van der Waals surface area contributed by atoms with E-state index in [1.54, 1.807) is 0 Å². The fourth-order valence-corrected chi connectivity index (χ4v) is 3.46. The number of amides is 1. The van der Waals surface area contributed by atoms with E-state index in [1.807, 2.05) is 24.4 Å². The Morgan fingerprint density at radius 2 is 1.92 bits per heavy atom. The highest BCUT2D eigenvalue weighted by Crippen LogP contribution is 2.22. The van der Waals surface area contributed by atoms with Crippen molar-refractivity contribution in [1.82, 2.24) is 14.8 Å². The van der Waals surface area contributed by atoms with Crippen molar-refractivity contribution in [3.63, 3.8) is 0 Å². The van der Waals surface area contributed by atoms with Crippen LogP contribution < -0.4 is 5.32 Å². The van der Waals surface area contributed by atoms with Crippen molar-refractivity contribution in [2.24, 2.45) is 5.92 Å². The van der Waals surface area contributed by atoms with Gasteiger partial charge in [-0.1, -0.05) is 32.0 Å². The number of nitrogens with one attached hydrogen (secondary N) is 1. The molecule has 1 fully saturated rings. The van der Waals surface area contributed by atoms with Gasteiger partial charge in [-0.05, 0) is 18.9 Å². The first-order valence-electron chi connectivity index (χ1n) is 9.24. The summed E-state index contributed by atoms with van der Waals surface area (Å²) in [6.45, 7) is 11.5. The van der Waals surface area contributed by atoms with Crippen LogP contribution >= 0.6 is 0 Å². The fourth-order valence-electron chi connectivity index (χ4n) is 3.46. The molecular formula is C20H29N3O2. The molecule has 5 heteroatoms. The normalized spacial score (nSPS) is 17.1. The molecule has 2 aromatic rings. The van der Waals surface area contributed by atoms with E-state index >= 15 is 0 Å². The van der Waals surface area contributed by atoms with Crippen LogP contribution in [-0.2, 0) is 11.3 Å². The number of hydrogen-bond donors (Lipinski definition) is 1. The number of carbonyl (C=O) groups is 1. The monoisotopic (exact) mass is 343 g/mol. The first-order valence-corrected chi connectivity index (χ1v) is 9.24. The summed E-state index contributed by atoms with van der Waals surface area (Å²) < 4.78 is 7.59. The van der Waals surface area contributed by atoms with Crippen molar-refractivity contribution in [2.75, 3.05) is 32.8 Å². The Balaban J connectivity index is 1.71. The molecule has 136 valence electrons. The minimum Gasteiger partial charge on any atom is -0.379 e. The van der Waals surface area contributed by atoms with Crippen molar-refractivity contribution in [2.45, 2.75) is 33.4 Å². The highest BCUT2D eigenvalue weighted by atomic mass is 16.5. The summed E-state index contributed by atoms with van der Waals surface area (Å²) in [5.74, 6) is 0.548. The molecule has 1 aliphatic rings. The van der Waals surface area contributed by atoms with E-state index in [-0.39, 0.29) is 5.91 Å². The lowest BCUT2D eigenvalue weighted by Gasteiger charge is -2.32. The Hall–Kier alpha value is -1.85. The number of carbonyl (C=O) groups excluding carboxylic acids is 1. The van der Waals surface area contributed by atoms with Gasteiger partial charge >= 0.3 is 0 Å². The fraction of sp³-hybridized carbons (Fsp3) is 0.550. The number of aromatic nitrogens is 1. The van der Waals surface area contributed by atoms with Crippen molar-refractivity contribution in [3.05, 3.63) is 36.0 Å². The molecule has 1 amide bonds. The van der Waals surface area contributed by atoms with E-state index in [4.69, 9.17) is 4.74 Å². The lowest BCUT2D eigenvalue weighted by Crippen LogP contribution is -2.47. The van der Waals surface area contributed by atoms with Crippen molar-refractivity contribution in [1.29, 1.82) is 0 Å². The molecular weight excluding hydrogens is 314 g/mol. The Morgan fingerprint density at radius 1 is 1.20 bits per heavy atom. The quantitative estimate of drug-likeness (QED) is 0.877. The minimum absolute atomic E-state index is 0.0128. The smallest absolute Gasteiger partial charge is 0.253 e. The van der Waals surface area contributed by atoms with Crippen LogP contribution in [0.25, 0.3) is 10.9 Å². The first-order chi connectivity index (χ1) is 12.1. The second-order valence-corrected chi connectivity index (χ2v) is 7.31. The summed E-state index contributed by atoms with van der Waals surface area (Å²) in [4.78, 5) is 15.1. The molecule has 0 aliphatic carbocycles. The van der Waals surface area contributed by atoms with Gasteiger partial charge in [-0.25, -0.2) is 0 Å².